The summed E-state index contributed by atoms with van der Waals surface area (Å²) in [4.78, 5) is 4.29. The van der Waals surface area contributed by atoms with Crippen molar-refractivity contribution in [1.82, 2.24) is 9.55 Å². The SMILES string of the molecule is COc1ccc(/C(C)=C/c2nccn2CNc2ccc(F)cc2F)cc1O. The van der Waals surface area contributed by atoms with Crippen molar-refractivity contribution in [3.05, 3.63) is 71.8 Å². The van der Waals surface area contributed by atoms with Crippen molar-refractivity contribution in [3.63, 3.8) is 0 Å². The Labute approximate surface area is 155 Å². The number of aromatic nitrogens is 2. The van der Waals surface area contributed by atoms with Gasteiger partial charge in [0.25, 0.3) is 0 Å². The Morgan fingerprint density at radius 3 is 2.78 bits per heavy atom. The van der Waals surface area contributed by atoms with Gasteiger partial charge in [0.1, 0.15) is 17.5 Å². The van der Waals surface area contributed by atoms with E-state index in [0.717, 1.165) is 17.2 Å². The lowest BCUT2D eigenvalue weighted by Gasteiger charge is -2.11. The van der Waals surface area contributed by atoms with Gasteiger partial charge in [-0.05, 0) is 48.4 Å². The summed E-state index contributed by atoms with van der Waals surface area (Å²) < 4.78 is 33.6. The lowest BCUT2D eigenvalue weighted by molar-refractivity contribution is 0.373. The first-order valence-electron chi connectivity index (χ1n) is 8.23. The van der Waals surface area contributed by atoms with E-state index in [1.165, 1.54) is 19.2 Å². The number of aromatic hydroxyl groups is 1. The van der Waals surface area contributed by atoms with E-state index >= 15 is 0 Å². The molecule has 0 aliphatic carbocycles. The number of nitrogens with zero attached hydrogens (tertiary/aromatic N) is 2. The summed E-state index contributed by atoms with van der Waals surface area (Å²) in [7, 11) is 1.49. The number of hydrogen-bond donors (Lipinski definition) is 2. The van der Waals surface area contributed by atoms with Crippen LogP contribution in [0.15, 0.2) is 48.8 Å². The third-order valence-electron chi connectivity index (χ3n) is 4.10. The minimum Gasteiger partial charge on any atom is -0.504 e. The monoisotopic (exact) mass is 371 g/mol. The second-order valence-electron chi connectivity index (χ2n) is 5.93. The first-order valence-corrected chi connectivity index (χ1v) is 8.23. The van der Waals surface area contributed by atoms with Crippen LogP contribution in [0.5, 0.6) is 11.5 Å². The highest BCUT2D eigenvalue weighted by molar-refractivity contribution is 5.79. The van der Waals surface area contributed by atoms with Crippen LogP contribution >= 0.6 is 0 Å². The van der Waals surface area contributed by atoms with Crippen molar-refractivity contribution in [2.24, 2.45) is 0 Å². The highest BCUT2D eigenvalue weighted by Crippen LogP contribution is 2.29. The normalized spacial score (nSPS) is 11.5. The maximum absolute atomic E-state index is 13.7. The Morgan fingerprint density at radius 2 is 2.07 bits per heavy atom. The molecule has 2 N–H and O–H groups in total. The average Bonchev–Trinajstić information content (AvgIpc) is 3.08. The summed E-state index contributed by atoms with van der Waals surface area (Å²) in [5.74, 6) is -0.171. The first-order chi connectivity index (χ1) is 13.0. The molecule has 1 heterocycles. The molecule has 27 heavy (non-hydrogen) atoms. The summed E-state index contributed by atoms with van der Waals surface area (Å²) in [5, 5.41) is 12.8. The van der Waals surface area contributed by atoms with E-state index in [-0.39, 0.29) is 18.1 Å². The Kier molecular flexibility index (Phi) is 5.40. The molecule has 3 aromatic rings. The number of methoxy groups -OCH3 is 1. The van der Waals surface area contributed by atoms with Crippen LogP contribution in [0.3, 0.4) is 0 Å². The fourth-order valence-corrected chi connectivity index (χ4v) is 2.61. The minimum absolute atomic E-state index is 0.0551. The van der Waals surface area contributed by atoms with Crippen molar-refractivity contribution in [2.45, 2.75) is 13.6 Å². The molecular formula is C20H19F2N3O2. The van der Waals surface area contributed by atoms with Crippen LogP contribution in [0.2, 0.25) is 0 Å². The van der Waals surface area contributed by atoms with E-state index in [0.29, 0.717) is 11.6 Å². The molecule has 0 amide bonds. The van der Waals surface area contributed by atoms with E-state index in [2.05, 4.69) is 10.3 Å². The highest BCUT2D eigenvalue weighted by Gasteiger charge is 2.07. The van der Waals surface area contributed by atoms with Gasteiger partial charge in [-0.3, -0.25) is 0 Å². The minimum atomic E-state index is -0.655. The summed E-state index contributed by atoms with van der Waals surface area (Å²) in [5.41, 5.74) is 1.91. The predicted molar refractivity (Wildman–Crippen MR) is 100 cm³/mol. The second kappa shape index (κ2) is 7.90. The van der Waals surface area contributed by atoms with Gasteiger partial charge < -0.3 is 19.7 Å². The van der Waals surface area contributed by atoms with Gasteiger partial charge in [-0.15, -0.1) is 0 Å². The molecule has 7 heteroatoms. The fourth-order valence-electron chi connectivity index (χ4n) is 2.61. The van der Waals surface area contributed by atoms with E-state index < -0.39 is 11.6 Å². The Balaban J connectivity index is 1.78. The number of phenolic OH excluding ortho intramolecular Hbond substituents is 1. The van der Waals surface area contributed by atoms with Crippen molar-refractivity contribution in [2.75, 3.05) is 12.4 Å². The zero-order valence-corrected chi connectivity index (χ0v) is 14.9. The van der Waals surface area contributed by atoms with E-state index in [1.807, 2.05) is 19.1 Å². The molecule has 0 aliphatic heterocycles. The number of halogens is 2. The van der Waals surface area contributed by atoms with Gasteiger partial charge in [0.05, 0.1) is 19.5 Å². The maximum atomic E-state index is 13.7. The smallest absolute Gasteiger partial charge is 0.160 e. The molecule has 0 saturated carbocycles. The van der Waals surface area contributed by atoms with Gasteiger partial charge >= 0.3 is 0 Å². The first kappa shape index (κ1) is 18.4. The van der Waals surface area contributed by atoms with Crippen LogP contribution < -0.4 is 10.1 Å². The van der Waals surface area contributed by atoms with Crippen LogP contribution in [-0.4, -0.2) is 21.8 Å². The highest BCUT2D eigenvalue weighted by atomic mass is 19.1. The number of phenols is 1. The van der Waals surface area contributed by atoms with Crippen LogP contribution in [0, 0.1) is 11.6 Å². The Morgan fingerprint density at radius 1 is 1.26 bits per heavy atom. The largest absolute Gasteiger partial charge is 0.504 e. The number of allylic oxidation sites excluding steroid dienone is 1. The standard InChI is InChI=1S/C20H19F2N3O2/c1-13(14-3-6-19(27-2)18(26)10-14)9-20-23-7-8-25(20)12-24-17-5-4-15(21)11-16(17)22/h3-11,24,26H,12H2,1-2H3/b13-9+. The van der Waals surface area contributed by atoms with Gasteiger partial charge in [0, 0.05) is 18.5 Å². The van der Waals surface area contributed by atoms with Gasteiger partial charge in [-0.2, -0.15) is 0 Å². The van der Waals surface area contributed by atoms with E-state index in [4.69, 9.17) is 4.74 Å². The van der Waals surface area contributed by atoms with Crippen molar-refractivity contribution < 1.29 is 18.6 Å². The topological polar surface area (TPSA) is 59.3 Å². The summed E-state index contributed by atoms with van der Waals surface area (Å²) >= 11 is 0. The number of hydrogen-bond acceptors (Lipinski definition) is 4. The predicted octanol–water partition coefficient (Wildman–Crippen LogP) is 4.51. The number of benzene rings is 2. The molecule has 0 bridgehead atoms. The number of nitrogens with one attached hydrogen (secondary N) is 1. The van der Waals surface area contributed by atoms with Gasteiger partial charge in [-0.25, -0.2) is 13.8 Å². The molecule has 1 aromatic heterocycles. The van der Waals surface area contributed by atoms with Gasteiger partial charge in [-0.1, -0.05) is 6.07 Å². The van der Waals surface area contributed by atoms with E-state index in [9.17, 15) is 13.9 Å². The average molecular weight is 371 g/mol. The molecule has 2 aromatic carbocycles. The number of ether oxygens (including phenoxy) is 1. The number of rotatable bonds is 6. The molecule has 0 fully saturated rings. The molecular weight excluding hydrogens is 352 g/mol. The van der Waals surface area contributed by atoms with Gasteiger partial charge in [0.2, 0.25) is 0 Å². The third-order valence-corrected chi connectivity index (χ3v) is 4.10. The molecule has 5 nitrogen and oxygen atoms in total. The van der Waals surface area contributed by atoms with Crippen LogP contribution in [-0.2, 0) is 6.67 Å². The van der Waals surface area contributed by atoms with Crippen LogP contribution in [0.25, 0.3) is 11.6 Å². The quantitative estimate of drug-likeness (QED) is 0.670. The lowest BCUT2D eigenvalue weighted by atomic mass is 10.1. The molecule has 0 unspecified atom stereocenters. The second-order valence-corrected chi connectivity index (χ2v) is 5.93. The number of anilines is 1. The third kappa shape index (κ3) is 4.25. The number of imidazole rings is 1. The molecule has 0 saturated heterocycles. The molecule has 140 valence electrons. The Hall–Kier alpha value is -3.35. The summed E-state index contributed by atoms with van der Waals surface area (Å²) in [6, 6.07) is 8.52. The molecule has 0 aliphatic rings. The Bertz CT molecular complexity index is 983. The molecule has 3 rings (SSSR count). The van der Waals surface area contributed by atoms with Crippen molar-refractivity contribution >= 4 is 17.3 Å². The zero-order valence-electron chi connectivity index (χ0n) is 14.9. The van der Waals surface area contributed by atoms with Crippen molar-refractivity contribution in [1.29, 1.82) is 0 Å². The van der Waals surface area contributed by atoms with Crippen molar-refractivity contribution in [3.8, 4) is 11.5 Å². The van der Waals surface area contributed by atoms with Gasteiger partial charge in [0.15, 0.2) is 11.5 Å². The molecule has 0 spiro atoms. The zero-order chi connectivity index (χ0) is 19.4. The lowest BCUT2D eigenvalue weighted by Crippen LogP contribution is -2.10. The summed E-state index contributed by atoms with van der Waals surface area (Å²) in [6.45, 7) is 2.16. The molecule has 0 atom stereocenters. The molecule has 0 radical (unpaired) electrons. The maximum Gasteiger partial charge on any atom is 0.160 e. The summed E-state index contributed by atoms with van der Waals surface area (Å²) in [6.07, 6.45) is 5.23. The van der Waals surface area contributed by atoms with E-state index in [1.54, 1.807) is 29.1 Å². The van der Waals surface area contributed by atoms with Crippen LogP contribution in [0.4, 0.5) is 14.5 Å². The van der Waals surface area contributed by atoms with Crippen LogP contribution in [0.1, 0.15) is 18.3 Å². The fraction of sp³-hybridized carbons (Fsp3) is 0.150.